The van der Waals surface area contributed by atoms with Crippen LogP contribution in [0, 0.1) is 11.8 Å². The maximum absolute atomic E-state index is 2.54. The van der Waals surface area contributed by atoms with Gasteiger partial charge in [0.2, 0.25) is 0 Å². The summed E-state index contributed by atoms with van der Waals surface area (Å²) in [6, 6.07) is 1.06. The van der Waals surface area contributed by atoms with Crippen molar-refractivity contribution in [3.05, 3.63) is 0 Å². The summed E-state index contributed by atoms with van der Waals surface area (Å²) in [5.41, 5.74) is 0. The molecule has 13 heavy (non-hydrogen) atoms. The van der Waals surface area contributed by atoms with Gasteiger partial charge >= 0.3 is 0 Å². The second-order valence-corrected chi connectivity index (χ2v) is 5.89. The van der Waals surface area contributed by atoms with Crippen LogP contribution >= 0.6 is 0 Å². The number of rotatable bonds is 0. The van der Waals surface area contributed by atoms with Crippen LogP contribution in [-0.2, 0) is 0 Å². The van der Waals surface area contributed by atoms with E-state index in [1.807, 2.05) is 0 Å². The standard InChI is InChI=1S/C12H22N/c1-13-7-3-2-4-12(13)11-6-5-10(8-11)9-13/h10-12H,2-9H2,1H3/q+1/t10-,11?,12-,13+/m0/s1. The van der Waals surface area contributed by atoms with E-state index in [1.54, 1.807) is 19.3 Å². The van der Waals surface area contributed by atoms with Crippen molar-refractivity contribution in [2.45, 2.75) is 44.6 Å². The summed E-state index contributed by atoms with van der Waals surface area (Å²) < 4.78 is 1.45. The lowest BCUT2D eigenvalue weighted by Crippen LogP contribution is -2.61. The molecule has 0 N–H and O–H groups in total. The van der Waals surface area contributed by atoms with Gasteiger partial charge in [0.25, 0.3) is 0 Å². The molecule has 1 nitrogen and oxygen atoms in total. The van der Waals surface area contributed by atoms with Crippen molar-refractivity contribution in [2.75, 3.05) is 20.1 Å². The Labute approximate surface area is 81.7 Å². The Kier molecular flexibility index (Phi) is 1.74. The molecule has 0 aromatic rings. The van der Waals surface area contributed by atoms with E-state index in [9.17, 15) is 0 Å². The largest absolute Gasteiger partial charge is 0.323 e. The molecule has 0 spiro atoms. The Morgan fingerprint density at radius 2 is 2.00 bits per heavy atom. The van der Waals surface area contributed by atoms with Gasteiger partial charge in [-0.2, -0.15) is 0 Å². The Morgan fingerprint density at radius 1 is 1.08 bits per heavy atom. The zero-order chi connectivity index (χ0) is 8.89. The Balaban J connectivity index is 1.88. The molecule has 0 aromatic carbocycles. The first-order valence-electron chi connectivity index (χ1n) is 6.12. The highest BCUT2D eigenvalue weighted by atomic mass is 15.4. The molecule has 1 heteroatoms. The van der Waals surface area contributed by atoms with Crippen LogP contribution in [0.1, 0.15) is 38.5 Å². The second-order valence-electron chi connectivity index (χ2n) is 5.89. The van der Waals surface area contributed by atoms with Gasteiger partial charge in [0.15, 0.2) is 0 Å². The van der Waals surface area contributed by atoms with Gasteiger partial charge in [-0.05, 0) is 38.5 Å². The minimum absolute atomic E-state index is 1.06. The van der Waals surface area contributed by atoms with Gasteiger partial charge in [0, 0.05) is 11.8 Å². The number of fused-ring (bicyclic) bond motifs is 4. The van der Waals surface area contributed by atoms with Gasteiger partial charge in [-0.15, -0.1) is 0 Å². The van der Waals surface area contributed by atoms with Gasteiger partial charge in [-0.25, -0.2) is 0 Å². The maximum Gasteiger partial charge on any atom is 0.0916 e. The van der Waals surface area contributed by atoms with Crippen molar-refractivity contribution in [3.8, 4) is 0 Å². The molecule has 2 aliphatic heterocycles. The van der Waals surface area contributed by atoms with Crippen molar-refractivity contribution >= 4 is 0 Å². The van der Waals surface area contributed by atoms with Gasteiger partial charge in [0.05, 0.1) is 26.2 Å². The quantitative estimate of drug-likeness (QED) is 0.502. The molecule has 2 bridgehead atoms. The number of piperidine rings is 2. The van der Waals surface area contributed by atoms with Gasteiger partial charge < -0.3 is 4.48 Å². The summed E-state index contributed by atoms with van der Waals surface area (Å²) in [7, 11) is 2.54. The molecule has 0 amide bonds. The lowest BCUT2D eigenvalue weighted by molar-refractivity contribution is -0.948. The Bertz CT molecular complexity index is 213. The van der Waals surface area contributed by atoms with E-state index in [1.165, 1.54) is 36.8 Å². The van der Waals surface area contributed by atoms with Crippen LogP contribution in [0.2, 0.25) is 0 Å². The summed E-state index contributed by atoms with van der Waals surface area (Å²) in [6.07, 6.45) is 9.23. The van der Waals surface area contributed by atoms with Crippen LogP contribution in [0.3, 0.4) is 0 Å². The van der Waals surface area contributed by atoms with E-state index in [0.717, 1.165) is 17.9 Å². The molecule has 3 fully saturated rings. The van der Waals surface area contributed by atoms with Crippen molar-refractivity contribution in [1.82, 2.24) is 0 Å². The van der Waals surface area contributed by atoms with Crippen molar-refractivity contribution in [2.24, 2.45) is 11.8 Å². The van der Waals surface area contributed by atoms with Crippen LogP contribution in [0.4, 0.5) is 0 Å². The van der Waals surface area contributed by atoms with E-state index < -0.39 is 0 Å². The highest BCUT2D eigenvalue weighted by Gasteiger charge is 2.49. The van der Waals surface area contributed by atoms with E-state index in [4.69, 9.17) is 0 Å². The topological polar surface area (TPSA) is 0 Å². The first-order chi connectivity index (χ1) is 6.28. The van der Waals surface area contributed by atoms with E-state index in [2.05, 4.69) is 7.05 Å². The third kappa shape index (κ3) is 1.16. The molecule has 4 atom stereocenters. The lowest BCUT2D eigenvalue weighted by Gasteiger charge is -2.50. The number of hydrogen-bond donors (Lipinski definition) is 0. The van der Waals surface area contributed by atoms with Crippen LogP contribution < -0.4 is 0 Å². The first-order valence-corrected chi connectivity index (χ1v) is 6.12. The Hall–Kier alpha value is -0.0400. The molecule has 0 aromatic heterocycles. The van der Waals surface area contributed by atoms with Gasteiger partial charge in [-0.1, -0.05) is 0 Å². The molecular formula is C12H22N+. The van der Waals surface area contributed by atoms with Crippen molar-refractivity contribution < 1.29 is 4.48 Å². The highest BCUT2D eigenvalue weighted by molar-refractivity contribution is 4.87. The summed E-state index contributed by atoms with van der Waals surface area (Å²) in [6.45, 7) is 3.00. The molecule has 1 aliphatic carbocycles. The van der Waals surface area contributed by atoms with E-state index in [-0.39, 0.29) is 0 Å². The summed E-state index contributed by atoms with van der Waals surface area (Å²) in [4.78, 5) is 0. The van der Waals surface area contributed by atoms with E-state index in [0.29, 0.717) is 0 Å². The molecule has 1 unspecified atom stereocenters. The molecular weight excluding hydrogens is 158 g/mol. The smallest absolute Gasteiger partial charge is 0.0916 e. The highest BCUT2D eigenvalue weighted by Crippen LogP contribution is 2.46. The third-order valence-electron chi connectivity index (χ3n) is 5.02. The van der Waals surface area contributed by atoms with Crippen molar-refractivity contribution in [3.63, 3.8) is 0 Å². The van der Waals surface area contributed by atoms with Crippen LogP contribution in [0.25, 0.3) is 0 Å². The SMILES string of the molecule is C[N@+]12CCCC[C@H]1C1CC[C@@H](C1)C2. The normalized spacial score (nSPS) is 54.7. The molecule has 3 aliphatic rings. The predicted octanol–water partition coefficient (Wildman–Crippen LogP) is 2.42. The number of nitrogens with zero attached hydrogens (tertiary/aromatic N) is 1. The average molecular weight is 180 g/mol. The fourth-order valence-corrected chi connectivity index (χ4v) is 4.49. The van der Waals surface area contributed by atoms with Crippen molar-refractivity contribution in [1.29, 1.82) is 0 Å². The molecule has 3 rings (SSSR count). The number of quaternary nitrogens is 1. The zero-order valence-electron chi connectivity index (χ0n) is 8.84. The summed E-state index contributed by atoms with van der Waals surface area (Å²) >= 11 is 0. The lowest BCUT2D eigenvalue weighted by atomic mass is 9.82. The molecule has 0 radical (unpaired) electrons. The second kappa shape index (κ2) is 2.73. The summed E-state index contributed by atoms with van der Waals surface area (Å²) in [5, 5.41) is 0. The van der Waals surface area contributed by atoms with Crippen LogP contribution in [-0.4, -0.2) is 30.7 Å². The number of hydrogen-bond acceptors (Lipinski definition) is 0. The zero-order valence-corrected chi connectivity index (χ0v) is 8.84. The van der Waals surface area contributed by atoms with Gasteiger partial charge in [-0.3, -0.25) is 0 Å². The molecule has 1 saturated carbocycles. The first kappa shape index (κ1) is 8.28. The molecule has 2 saturated heterocycles. The van der Waals surface area contributed by atoms with Crippen LogP contribution in [0.5, 0.6) is 0 Å². The minimum Gasteiger partial charge on any atom is -0.323 e. The fraction of sp³-hybridized carbons (Fsp3) is 1.00. The minimum atomic E-state index is 1.06. The van der Waals surface area contributed by atoms with E-state index >= 15 is 0 Å². The monoisotopic (exact) mass is 180 g/mol. The van der Waals surface area contributed by atoms with Gasteiger partial charge in [0.1, 0.15) is 0 Å². The maximum atomic E-state index is 2.54. The molecule has 74 valence electrons. The average Bonchev–Trinajstić information content (AvgIpc) is 2.48. The summed E-state index contributed by atoms with van der Waals surface area (Å²) in [5.74, 6) is 2.22. The Morgan fingerprint density at radius 3 is 2.92 bits per heavy atom. The molecule has 2 heterocycles. The fourth-order valence-electron chi connectivity index (χ4n) is 4.49. The van der Waals surface area contributed by atoms with Crippen LogP contribution in [0.15, 0.2) is 0 Å². The predicted molar refractivity (Wildman–Crippen MR) is 54.4 cm³/mol. The third-order valence-corrected chi connectivity index (χ3v) is 5.02.